The lowest BCUT2D eigenvalue weighted by atomic mass is 9.77. The van der Waals surface area contributed by atoms with Gasteiger partial charge in [0.2, 0.25) is 5.95 Å². The summed E-state index contributed by atoms with van der Waals surface area (Å²) in [7, 11) is 0. The molecule has 5 nitrogen and oxygen atoms in total. The van der Waals surface area contributed by atoms with Crippen molar-refractivity contribution in [3.63, 3.8) is 0 Å². The van der Waals surface area contributed by atoms with Gasteiger partial charge in [0.15, 0.2) is 0 Å². The molecule has 1 heterocycles. The van der Waals surface area contributed by atoms with E-state index in [2.05, 4.69) is 20.5 Å². The van der Waals surface area contributed by atoms with Crippen LogP contribution in [0.15, 0.2) is 24.3 Å². The molecule has 2 aromatic rings. The third-order valence-electron chi connectivity index (χ3n) is 3.44. The normalized spacial score (nSPS) is 17.7. The molecule has 0 atom stereocenters. The number of rotatable bonds is 3. The number of aromatic nitrogens is 3. The second kappa shape index (κ2) is 3.92. The van der Waals surface area contributed by atoms with Crippen LogP contribution < -0.4 is 11.1 Å². The van der Waals surface area contributed by atoms with Gasteiger partial charge in [0.25, 0.3) is 0 Å². The van der Waals surface area contributed by atoms with Crippen LogP contribution in [0.4, 0.5) is 5.95 Å². The Hall–Kier alpha value is -1.75. The zero-order chi connectivity index (χ0) is 11.7. The molecular formula is C12H15N5. The first-order valence-corrected chi connectivity index (χ1v) is 5.89. The molecule has 0 saturated heterocycles. The van der Waals surface area contributed by atoms with Gasteiger partial charge in [-0.1, -0.05) is 12.1 Å². The van der Waals surface area contributed by atoms with E-state index in [1.54, 1.807) is 0 Å². The molecule has 3 N–H and O–H groups in total. The van der Waals surface area contributed by atoms with Crippen molar-refractivity contribution in [2.45, 2.75) is 24.8 Å². The van der Waals surface area contributed by atoms with E-state index in [1.165, 1.54) is 6.42 Å². The van der Waals surface area contributed by atoms with Gasteiger partial charge >= 0.3 is 0 Å². The maximum Gasteiger partial charge on any atom is 0.243 e. The SMILES string of the molecule is NCC1(Nc2nnc3ccccc3n2)CCC1. The van der Waals surface area contributed by atoms with Gasteiger partial charge in [-0.15, -0.1) is 10.2 Å². The van der Waals surface area contributed by atoms with E-state index in [-0.39, 0.29) is 5.54 Å². The van der Waals surface area contributed by atoms with Crippen LogP contribution in [0.3, 0.4) is 0 Å². The van der Waals surface area contributed by atoms with E-state index in [0.29, 0.717) is 12.5 Å². The van der Waals surface area contributed by atoms with Gasteiger partial charge in [0, 0.05) is 6.54 Å². The monoisotopic (exact) mass is 229 g/mol. The van der Waals surface area contributed by atoms with Gasteiger partial charge in [-0.2, -0.15) is 0 Å². The molecule has 1 fully saturated rings. The molecule has 5 heteroatoms. The summed E-state index contributed by atoms with van der Waals surface area (Å²) in [5.41, 5.74) is 7.45. The largest absolute Gasteiger partial charge is 0.346 e. The molecule has 0 spiro atoms. The van der Waals surface area contributed by atoms with E-state index in [9.17, 15) is 0 Å². The molecule has 0 unspecified atom stereocenters. The van der Waals surface area contributed by atoms with Crippen molar-refractivity contribution in [3.8, 4) is 0 Å². The van der Waals surface area contributed by atoms with Crippen molar-refractivity contribution in [2.75, 3.05) is 11.9 Å². The van der Waals surface area contributed by atoms with E-state index in [4.69, 9.17) is 5.73 Å². The number of benzene rings is 1. The van der Waals surface area contributed by atoms with Gasteiger partial charge in [-0.25, -0.2) is 4.98 Å². The summed E-state index contributed by atoms with van der Waals surface area (Å²) in [5, 5.41) is 11.6. The second-order valence-electron chi connectivity index (χ2n) is 4.59. The Kier molecular flexibility index (Phi) is 2.40. The molecule has 88 valence electrons. The van der Waals surface area contributed by atoms with Gasteiger partial charge in [0.1, 0.15) is 5.52 Å². The number of anilines is 1. The molecule has 17 heavy (non-hydrogen) atoms. The molecule has 0 bridgehead atoms. The molecule has 1 saturated carbocycles. The summed E-state index contributed by atoms with van der Waals surface area (Å²) in [6.45, 7) is 0.614. The Labute approximate surface area is 99.4 Å². The number of fused-ring (bicyclic) bond motifs is 1. The van der Waals surface area contributed by atoms with Crippen molar-refractivity contribution in [2.24, 2.45) is 5.73 Å². The van der Waals surface area contributed by atoms with E-state index < -0.39 is 0 Å². The molecule has 0 radical (unpaired) electrons. The van der Waals surface area contributed by atoms with Gasteiger partial charge in [-0.3, -0.25) is 0 Å². The third-order valence-corrected chi connectivity index (χ3v) is 3.44. The van der Waals surface area contributed by atoms with E-state index in [0.717, 1.165) is 23.9 Å². The molecular weight excluding hydrogens is 214 g/mol. The van der Waals surface area contributed by atoms with Crippen molar-refractivity contribution in [1.29, 1.82) is 0 Å². The fourth-order valence-corrected chi connectivity index (χ4v) is 2.15. The number of para-hydroxylation sites is 1. The summed E-state index contributed by atoms with van der Waals surface area (Å²) < 4.78 is 0. The average molecular weight is 229 g/mol. The topological polar surface area (TPSA) is 76.7 Å². The fourth-order valence-electron chi connectivity index (χ4n) is 2.15. The minimum atomic E-state index is -0.00978. The van der Waals surface area contributed by atoms with Crippen LogP contribution in [0.5, 0.6) is 0 Å². The first kappa shape index (κ1) is 10.4. The fraction of sp³-hybridized carbons (Fsp3) is 0.417. The lowest BCUT2D eigenvalue weighted by Gasteiger charge is -2.41. The number of hydrogen-bond acceptors (Lipinski definition) is 5. The Balaban J connectivity index is 1.90. The Bertz CT molecular complexity index is 530. The third kappa shape index (κ3) is 1.82. The highest BCUT2D eigenvalue weighted by Crippen LogP contribution is 2.33. The van der Waals surface area contributed by atoms with E-state index >= 15 is 0 Å². The zero-order valence-corrected chi connectivity index (χ0v) is 9.56. The number of nitrogens with zero attached hydrogens (tertiary/aromatic N) is 3. The second-order valence-corrected chi connectivity index (χ2v) is 4.59. The van der Waals surface area contributed by atoms with E-state index in [1.807, 2.05) is 24.3 Å². The molecule has 1 aromatic carbocycles. The number of nitrogens with one attached hydrogen (secondary N) is 1. The molecule has 0 amide bonds. The van der Waals surface area contributed by atoms with Crippen LogP contribution in [0.2, 0.25) is 0 Å². The zero-order valence-electron chi connectivity index (χ0n) is 9.56. The van der Waals surface area contributed by atoms with Crippen molar-refractivity contribution in [1.82, 2.24) is 15.2 Å². The molecule has 0 aliphatic heterocycles. The maximum absolute atomic E-state index is 5.79. The van der Waals surface area contributed by atoms with Crippen LogP contribution in [0.1, 0.15) is 19.3 Å². The predicted molar refractivity (Wildman–Crippen MR) is 66.6 cm³/mol. The Morgan fingerprint density at radius 2 is 1.94 bits per heavy atom. The van der Waals surface area contributed by atoms with Crippen LogP contribution in [0.25, 0.3) is 11.0 Å². The smallest absolute Gasteiger partial charge is 0.243 e. The Morgan fingerprint density at radius 1 is 1.18 bits per heavy atom. The van der Waals surface area contributed by atoms with Crippen molar-refractivity contribution in [3.05, 3.63) is 24.3 Å². The number of hydrogen-bond donors (Lipinski definition) is 2. The van der Waals surface area contributed by atoms with Crippen LogP contribution in [0, 0.1) is 0 Å². The summed E-state index contributed by atoms with van der Waals surface area (Å²) in [6, 6.07) is 7.72. The summed E-state index contributed by atoms with van der Waals surface area (Å²) in [4.78, 5) is 4.45. The molecule has 1 aliphatic carbocycles. The highest BCUT2D eigenvalue weighted by molar-refractivity contribution is 5.74. The molecule has 1 aromatic heterocycles. The summed E-state index contributed by atoms with van der Waals surface area (Å²) >= 11 is 0. The lowest BCUT2D eigenvalue weighted by Crippen LogP contribution is -2.51. The molecule has 1 aliphatic rings. The van der Waals surface area contributed by atoms with Crippen molar-refractivity contribution >= 4 is 17.0 Å². The van der Waals surface area contributed by atoms with Gasteiger partial charge in [0.05, 0.1) is 11.1 Å². The van der Waals surface area contributed by atoms with Crippen LogP contribution in [-0.2, 0) is 0 Å². The first-order valence-electron chi connectivity index (χ1n) is 5.89. The minimum absolute atomic E-state index is 0.00978. The molecule has 3 rings (SSSR count). The van der Waals surface area contributed by atoms with Crippen LogP contribution >= 0.6 is 0 Å². The maximum atomic E-state index is 5.79. The Morgan fingerprint density at radius 3 is 2.59 bits per heavy atom. The highest BCUT2D eigenvalue weighted by Gasteiger charge is 2.36. The minimum Gasteiger partial charge on any atom is -0.346 e. The first-order chi connectivity index (χ1) is 8.31. The quantitative estimate of drug-likeness (QED) is 0.830. The number of nitrogens with two attached hydrogens (primary N) is 1. The summed E-state index contributed by atoms with van der Waals surface area (Å²) in [6.07, 6.45) is 3.38. The van der Waals surface area contributed by atoms with Gasteiger partial charge < -0.3 is 11.1 Å². The van der Waals surface area contributed by atoms with Crippen LogP contribution in [-0.4, -0.2) is 27.3 Å². The lowest BCUT2D eigenvalue weighted by molar-refractivity contribution is 0.285. The average Bonchev–Trinajstić information content (AvgIpc) is 2.34. The summed E-state index contributed by atoms with van der Waals surface area (Å²) in [5.74, 6) is 0.578. The highest BCUT2D eigenvalue weighted by atomic mass is 15.3. The predicted octanol–water partition coefficient (Wildman–Crippen LogP) is 1.32. The standard InChI is InChI=1S/C12H15N5/c13-8-12(6-3-7-12)15-11-14-9-4-1-2-5-10(9)16-17-11/h1-2,4-5H,3,6-8,13H2,(H,14,15,17). The van der Waals surface area contributed by atoms with Crippen molar-refractivity contribution < 1.29 is 0 Å². The van der Waals surface area contributed by atoms with Gasteiger partial charge in [-0.05, 0) is 31.4 Å².